The Morgan fingerprint density at radius 1 is 1.36 bits per heavy atom. The maximum absolute atomic E-state index is 11.7. The summed E-state index contributed by atoms with van der Waals surface area (Å²) in [6, 6.07) is 12.6. The van der Waals surface area contributed by atoms with Gasteiger partial charge in [-0.15, -0.1) is 0 Å². The minimum atomic E-state index is -0.00474. The van der Waals surface area contributed by atoms with E-state index < -0.39 is 0 Å². The van der Waals surface area contributed by atoms with Gasteiger partial charge in [0.1, 0.15) is 5.65 Å². The van der Waals surface area contributed by atoms with E-state index in [9.17, 15) is 4.79 Å². The van der Waals surface area contributed by atoms with Crippen molar-refractivity contribution in [1.29, 1.82) is 0 Å². The number of pyridine rings is 1. The van der Waals surface area contributed by atoms with Crippen LogP contribution in [0, 0.1) is 0 Å². The number of aromatic amines is 1. The number of fused-ring (bicyclic) bond motifs is 1. The number of hydrogen-bond donors (Lipinski definition) is 2. The summed E-state index contributed by atoms with van der Waals surface area (Å²) in [6.07, 6.45) is 6.14. The highest BCUT2D eigenvalue weighted by Gasteiger charge is 2.24. The van der Waals surface area contributed by atoms with E-state index in [0.717, 1.165) is 40.8 Å². The normalized spacial score (nSPS) is 17.0. The maximum atomic E-state index is 11.7. The molecule has 0 spiro atoms. The third-order valence-electron chi connectivity index (χ3n) is 4.66. The van der Waals surface area contributed by atoms with Gasteiger partial charge in [0.2, 0.25) is 5.91 Å². The van der Waals surface area contributed by atoms with Crippen molar-refractivity contribution in [2.45, 2.75) is 12.5 Å². The SMILES string of the molecule is C=CC(=O)N1CCC(Nc2cnc3[nH]cc(-c4ccccc4)c3c2)C1. The van der Waals surface area contributed by atoms with Crippen molar-refractivity contribution < 1.29 is 4.79 Å². The van der Waals surface area contributed by atoms with Crippen LogP contribution < -0.4 is 5.32 Å². The number of likely N-dealkylation sites (tertiary alicyclic amines) is 1. The Kier molecular flexibility index (Phi) is 3.98. The number of carbonyl (C=O) groups is 1. The van der Waals surface area contributed by atoms with E-state index in [4.69, 9.17) is 0 Å². The molecule has 1 amide bonds. The molecule has 1 aliphatic rings. The van der Waals surface area contributed by atoms with Crippen molar-refractivity contribution in [3.63, 3.8) is 0 Å². The van der Waals surface area contributed by atoms with E-state index >= 15 is 0 Å². The molecule has 0 radical (unpaired) electrons. The van der Waals surface area contributed by atoms with E-state index in [0.29, 0.717) is 6.54 Å². The van der Waals surface area contributed by atoms with Crippen LogP contribution in [0.4, 0.5) is 5.69 Å². The van der Waals surface area contributed by atoms with Gasteiger partial charge in [-0.2, -0.15) is 0 Å². The summed E-state index contributed by atoms with van der Waals surface area (Å²) in [5, 5.41) is 4.60. The second-order valence-electron chi connectivity index (χ2n) is 6.31. The Bertz CT molecular complexity index is 916. The number of anilines is 1. The second-order valence-corrected chi connectivity index (χ2v) is 6.31. The van der Waals surface area contributed by atoms with Gasteiger partial charge >= 0.3 is 0 Å². The van der Waals surface area contributed by atoms with Crippen LogP contribution in [0.3, 0.4) is 0 Å². The highest BCUT2D eigenvalue weighted by molar-refractivity contribution is 5.95. The molecule has 1 fully saturated rings. The lowest BCUT2D eigenvalue weighted by molar-refractivity contribution is -0.125. The first-order valence-electron chi connectivity index (χ1n) is 8.45. The molecule has 0 saturated carbocycles. The first kappa shape index (κ1) is 15.4. The smallest absolute Gasteiger partial charge is 0.246 e. The van der Waals surface area contributed by atoms with Crippen LogP contribution in [-0.2, 0) is 4.79 Å². The van der Waals surface area contributed by atoms with Crippen LogP contribution >= 0.6 is 0 Å². The number of nitrogens with one attached hydrogen (secondary N) is 2. The first-order chi connectivity index (χ1) is 12.2. The van der Waals surface area contributed by atoms with Gasteiger partial charge in [0, 0.05) is 36.3 Å². The van der Waals surface area contributed by atoms with Gasteiger partial charge in [0.05, 0.1) is 11.9 Å². The zero-order chi connectivity index (χ0) is 17.2. The highest BCUT2D eigenvalue weighted by atomic mass is 16.2. The molecule has 25 heavy (non-hydrogen) atoms. The van der Waals surface area contributed by atoms with Crippen LogP contribution in [-0.4, -0.2) is 39.9 Å². The molecule has 1 atom stereocenters. The molecule has 5 heteroatoms. The number of benzene rings is 1. The standard InChI is InChI=1S/C20H20N4O/c1-2-19(25)24-9-8-15(13-24)23-16-10-17-18(12-22-20(17)21-11-16)14-6-4-3-5-7-14/h2-7,10-12,15,23H,1,8-9,13H2,(H,21,22). The van der Waals surface area contributed by atoms with E-state index in [1.54, 1.807) is 0 Å². The lowest BCUT2D eigenvalue weighted by atomic mass is 10.1. The van der Waals surface area contributed by atoms with Crippen molar-refractivity contribution in [2.75, 3.05) is 18.4 Å². The molecule has 1 saturated heterocycles. The van der Waals surface area contributed by atoms with E-state index in [2.05, 4.69) is 40.1 Å². The van der Waals surface area contributed by atoms with E-state index in [1.807, 2.05) is 35.5 Å². The van der Waals surface area contributed by atoms with Crippen molar-refractivity contribution >= 4 is 22.6 Å². The fourth-order valence-corrected chi connectivity index (χ4v) is 3.38. The second kappa shape index (κ2) is 6.43. The number of rotatable bonds is 4. The van der Waals surface area contributed by atoms with Gasteiger partial charge in [-0.3, -0.25) is 4.79 Å². The summed E-state index contributed by atoms with van der Waals surface area (Å²) >= 11 is 0. The Hall–Kier alpha value is -3.08. The molecule has 126 valence electrons. The van der Waals surface area contributed by atoms with Gasteiger partial charge in [0.15, 0.2) is 0 Å². The molecule has 0 bridgehead atoms. The summed E-state index contributed by atoms with van der Waals surface area (Å²) < 4.78 is 0. The summed E-state index contributed by atoms with van der Waals surface area (Å²) in [7, 11) is 0. The van der Waals surface area contributed by atoms with Crippen molar-refractivity contribution in [3.05, 3.63) is 61.4 Å². The lowest BCUT2D eigenvalue weighted by Gasteiger charge is -2.16. The molecule has 3 heterocycles. The molecule has 1 unspecified atom stereocenters. The van der Waals surface area contributed by atoms with Gasteiger partial charge in [-0.25, -0.2) is 4.98 Å². The predicted molar refractivity (Wildman–Crippen MR) is 100 cm³/mol. The Morgan fingerprint density at radius 3 is 3.00 bits per heavy atom. The number of H-pyrrole nitrogens is 1. The van der Waals surface area contributed by atoms with Gasteiger partial charge < -0.3 is 15.2 Å². The minimum Gasteiger partial charge on any atom is -0.379 e. The predicted octanol–water partition coefficient (Wildman–Crippen LogP) is 3.43. The largest absolute Gasteiger partial charge is 0.379 e. The van der Waals surface area contributed by atoms with Crippen LogP contribution in [0.25, 0.3) is 22.2 Å². The minimum absolute atomic E-state index is 0.00474. The van der Waals surface area contributed by atoms with E-state index in [1.165, 1.54) is 6.08 Å². The molecule has 3 aromatic rings. The lowest BCUT2D eigenvalue weighted by Crippen LogP contribution is -2.30. The number of hydrogen-bond acceptors (Lipinski definition) is 3. The van der Waals surface area contributed by atoms with Gasteiger partial charge in [-0.05, 0) is 24.1 Å². The average molecular weight is 332 g/mol. The molecule has 2 N–H and O–H groups in total. The molecule has 5 nitrogen and oxygen atoms in total. The van der Waals surface area contributed by atoms with Crippen molar-refractivity contribution in [1.82, 2.24) is 14.9 Å². The Labute approximate surface area is 146 Å². The van der Waals surface area contributed by atoms with Crippen molar-refractivity contribution in [2.24, 2.45) is 0 Å². The third kappa shape index (κ3) is 3.01. The fraction of sp³-hybridized carbons (Fsp3) is 0.200. The molecule has 0 aliphatic carbocycles. The number of aromatic nitrogens is 2. The summed E-state index contributed by atoms with van der Waals surface area (Å²) in [5.74, 6) is -0.00474. The van der Waals surface area contributed by atoms with Crippen LogP contribution in [0.2, 0.25) is 0 Å². The van der Waals surface area contributed by atoms with Gasteiger partial charge in [-0.1, -0.05) is 36.9 Å². The average Bonchev–Trinajstić information content (AvgIpc) is 3.28. The topological polar surface area (TPSA) is 61.0 Å². The monoisotopic (exact) mass is 332 g/mol. The number of carbonyl (C=O) groups excluding carboxylic acids is 1. The van der Waals surface area contributed by atoms with Crippen molar-refractivity contribution in [3.8, 4) is 11.1 Å². The molecular weight excluding hydrogens is 312 g/mol. The first-order valence-corrected chi connectivity index (χ1v) is 8.45. The fourth-order valence-electron chi connectivity index (χ4n) is 3.38. The zero-order valence-corrected chi connectivity index (χ0v) is 13.9. The van der Waals surface area contributed by atoms with Crippen LogP contribution in [0.5, 0.6) is 0 Å². The third-order valence-corrected chi connectivity index (χ3v) is 4.66. The molecule has 1 aromatic carbocycles. The molecule has 1 aliphatic heterocycles. The number of nitrogens with zero attached hydrogens (tertiary/aromatic N) is 2. The van der Waals surface area contributed by atoms with Crippen LogP contribution in [0.1, 0.15) is 6.42 Å². The summed E-state index contributed by atoms with van der Waals surface area (Å²) in [4.78, 5) is 21.3. The summed E-state index contributed by atoms with van der Waals surface area (Å²) in [5.41, 5.74) is 4.15. The van der Waals surface area contributed by atoms with Gasteiger partial charge in [0.25, 0.3) is 0 Å². The van der Waals surface area contributed by atoms with Crippen LogP contribution in [0.15, 0.2) is 61.4 Å². The Balaban J connectivity index is 1.57. The molecule has 2 aromatic heterocycles. The summed E-state index contributed by atoms with van der Waals surface area (Å²) in [6.45, 7) is 5.01. The molecule has 4 rings (SSSR count). The van der Waals surface area contributed by atoms with E-state index in [-0.39, 0.29) is 11.9 Å². The maximum Gasteiger partial charge on any atom is 0.246 e. The zero-order valence-electron chi connectivity index (χ0n) is 13.9. The quantitative estimate of drug-likeness (QED) is 0.720. The Morgan fingerprint density at radius 2 is 2.20 bits per heavy atom. The molecular formula is C20H20N4O. The number of amides is 1. The highest BCUT2D eigenvalue weighted by Crippen LogP contribution is 2.29.